The molecule has 1 unspecified atom stereocenters. The molecule has 2 aromatic carbocycles. The maximum atomic E-state index is 12.6. The first kappa shape index (κ1) is 23.1. The Hall–Kier alpha value is -2.62. The molecule has 3 rings (SSSR count). The van der Waals surface area contributed by atoms with Crippen molar-refractivity contribution in [3.63, 3.8) is 0 Å². The van der Waals surface area contributed by atoms with Gasteiger partial charge >= 0.3 is 0 Å². The van der Waals surface area contributed by atoms with Crippen LogP contribution in [-0.4, -0.2) is 15.5 Å². The minimum absolute atomic E-state index is 0.0604. The molecule has 166 valence electrons. The molecule has 4 heteroatoms. The van der Waals surface area contributed by atoms with Crippen LogP contribution in [0.15, 0.2) is 54.6 Å². The molecule has 0 radical (unpaired) electrons. The molecule has 1 N–H and O–H groups in total. The average Bonchev–Trinajstić information content (AvgIpc) is 3.17. The van der Waals surface area contributed by atoms with Crippen molar-refractivity contribution in [1.29, 1.82) is 0 Å². The van der Waals surface area contributed by atoms with Crippen LogP contribution in [0.3, 0.4) is 0 Å². The number of rotatable bonds is 13. The molecule has 0 aliphatic heterocycles. The van der Waals surface area contributed by atoms with Crippen molar-refractivity contribution >= 4 is 16.9 Å². The standard InChI is InChI=1S/C27H37N3O/c1-3-4-5-6-7-8-9-10-16-21-30-25-20-15-14-19-24(25)29-26(30)22(2)28-27(31)23-17-12-11-13-18-23/h11-15,17-20,22H,3-10,16,21H2,1-2H3,(H,28,31). The van der Waals surface area contributed by atoms with E-state index < -0.39 is 0 Å². The minimum Gasteiger partial charge on any atom is -0.342 e. The number of carbonyl (C=O) groups excluding carboxylic acids is 1. The lowest BCUT2D eigenvalue weighted by atomic mass is 10.1. The largest absolute Gasteiger partial charge is 0.342 e. The van der Waals surface area contributed by atoms with Gasteiger partial charge in [0.2, 0.25) is 0 Å². The van der Waals surface area contributed by atoms with Crippen molar-refractivity contribution in [3.05, 3.63) is 66.0 Å². The van der Waals surface area contributed by atoms with Crippen molar-refractivity contribution in [2.45, 2.75) is 84.2 Å². The second-order valence-electron chi connectivity index (χ2n) is 8.50. The summed E-state index contributed by atoms with van der Waals surface area (Å²) in [6, 6.07) is 17.5. The Balaban J connectivity index is 1.58. The summed E-state index contributed by atoms with van der Waals surface area (Å²) in [6.07, 6.45) is 11.8. The lowest BCUT2D eigenvalue weighted by molar-refractivity contribution is 0.0937. The van der Waals surface area contributed by atoms with Gasteiger partial charge in [0.1, 0.15) is 5.82 Å². The van der Waals surface area contributed by atoms with Crippen LogP contribution >= 0.6 is 0 Å². The number of aromatic nitrogens is 2. The third-order valence-electron chi connectivity index (χ3n) is 5.94. The zero-order valence-electron chi connectivity index (χ0n) is 19.1. The van der Waals surface area contributed by atoms with Crippen LogP contribution in [0.4, 0.5) is 0 Å². The molecule has 0 spiro atoms. The number of aryl methyl sites for hydroxylation is 1. The Kier molecular flexibility index (Phi) is 9.14. The van der Waals surface area contributed by atoms with E-state index in [1.165, 1.54) is 51.4 Å². The van der Waals surface area contributed by atoms with Crippen LogP contribution in [-0.2, 0) is 6.54 Å². The summed E-state index contributed by atoms with van der Waals surface area (Å²) in [5, 5.41) is 3.13. The fourth-order valence-electron chi connectivity index (χ4n) is 4.17. The molecule has 0 saturated carbocycles. The van der Waals surface area contributed by atoms with Gasteiger partial charge in [0.05, 0.1) is 17.1 Å². The quantitative estimate of drug-likeness (QED) is 0.301. The lowest BCUT2D eigenvalue weighted by Gasteiger charge is -2.16. The molecule has 1 amide bonds. The van der Waals surface area contributed by atoms with Gasteiger partial charge in [0.25, 0.3) is 5.91 Å². The summed E-state index contributed by atoms with van der Waals surface area (Å²) >= 11 is 0. The van der Waals surface area contributed by atoms with Gasteiger partial charge in [-0.1, -0.05) is 88.6 Å². The van der Waals surface area contributed by atoms with E-state index in [4.69, 9.17) is 4.98 Å². The highest BCUT2D eigenvalue weighted by molar-refractivity contribution is 5.94. The number of benzene rings is 2. The molecule has 4 nitrogen and oxygen atoms in total. The van der Waals surface area contributed by atoms with Crippen LogP contribution in [0.2, 0.25) is 0 Å². The van der Waals surface area contributed by atoms with Crippen LogP contribution < -0.4 is 5.32 Å². The van der Waals surface area contributed by atoms with Crippen LogP contribution in [0.5, 0.6) is 0 Å². The molecule has 1 heterocycles. The second kappa shape index (κ2) is 12.3. The summed E-state index contributed by atoms with van der Waals surface area (Å²) in [5.74, 6) is 0.875. The number of nitrogens with zero attached hydrogens (tertiary/aromatic N) is 2. The molecule has 0 fully saturated rings. The van der Waals surface area contributed by atoms with Gasteiger partial charge in [-0.2, -0.15) is 0 Å². The summed E-state index contributed by atoms with van der Waals surface area (Å²) in [5.41, 5.74) is 2.82. The Morgan fingerprint density at radius 2 is 1.48 bits per heavy atom. The molecule has 0 saturated heterocycles. The topological polar surface area (TPSA) is 46.9 Å². The van der Waals surface area contributed by atoms with Crippen molar-refractivity contribution in [2.75, 3.05) is 0 Å². The van der Waals surface area contributed by atoms with Gasteiger partial charge < -0.3 is 9.88 Å². The third-order valence-corrected chi connectivity index (χ3v) is 5.94. The SMILES string of the molecule is CCCCCCCCCCCn1c(C(C)NC(=O)c2ccccc2)nc2ccccc21. The summed E-state index contributed by atoms with van der Waals surface area (Å²) < 4.78 is 2.30. The molecular weight excluding hydrogens is 382 g/mol. The van der Waals surface area contributed by atoms with Crippen molar-refractivity contribution in [1.82, 2.24) is 14.9 Å². The van der Waals surface area contributed by atoms with E-state index in [0.29, 0.717) is 5.56 Å². The van der Waals surface area contributed by atoms with Crippen molar-refractivity contribution < 1.29 is 4.79 Å². The monoisotopic (exact) mass is 419 g/mol. The fraction of sp³-hybridized carbons (Fsp3) is 0.481. The molecule has 0 aliphatic rings. The number of hydrogen-bond acceptors (Lipinski definition) is 2. The van der Waals surface area contributed by atoms with Gasteiger partial charge in [-0.05, 0) is 37.6 Å². The fourth-order valence-corrected chi connectivity index (χ4v) is 4.17. The normalized spacial score (nSPS) is 12.2. The Bertz CT molecular complexity index is 932. The van der Waals surface area contributed by atoms with Crippen LogP contribution in [0.1, 0.15) is 93.9 Å². The zero-order valence-corrected chi connectivity index (χ0v) is 19.1. The zero-order chi connectivity index (χ0) is 21.9. The number of carbonyl (C=O) groups is 1. The van der Waals surface area contributed by atoms with E-state index in [0.717, 1.165) is 29.8 Å². The number of para-hydroxylation sites is 2. The molecule has 31 heavy (non-hydrogen) atoms. The molecule has 1 atom stereocenters. The van der Waals surface area contributed by atoms with Gasteiger partial charge in [-0.25, -0.2) is 4.98 Å². The third kappa shape index (κ3) is 6.68. The highest BCUT2D eigenvalue weighted by Gasteiger charge is 2.18. The van der Waals surface area contributed by atoms with Gasteiger partial charge in [0, 0.05) is 12.1 Å². The van der Waals surface area contributed by atoms with E-state index in [2.05, 4.69) is 35.0 Å². The summed E-state index contributed by atoms with van der Waals surface area (Å²) in [6.45, 7) is 5.23. The molecule has 0 bridgehead atoms. The highest BCUT2D eigenvalue weighted by Crippen LogP contribution is 2.22. The Morgan fingerprint density at radius 3 is 2.19 bits per heavy atom. The van der Waals surface area contributed by atoms with Crippen molar-refractivity contribution in [3.8, 4) is 0 Å². The number of amides is 1. The van der Waals surface area contributed by atoms with Crippen LogP contribution in [0.25, 0.3) is 11.0 Å². The highest BCUT2D eigenvalue weighted by atomic mass is 16.1. The number of hydrogen-bond donors (Lipinski definition) is 1. The number of fused-ring (bicyclic) bond motifs is 1. The van der Waals surface area contributed by atoms with Crippen molar-refractivity contribution in [2.24, 2.45) is 0 Å². The smallest absolute Gasteiger partial charge is 0.251 e. The Morgan fingerprint density at radius 1 is 0.871 bits per heavy atom. The number of imidazole rings is 1. The number of nitrogens with one attached hydrogen (secondary N) is 1. The lowest BCUT2D eigenvalue weighted by Crippen LogP contribution is -2.28. The average molecular weight is 420 g/mol. The van der Waals surface area contributed by atoms with E-state index in [1.807, 2.05) is 43.3 Å². The minimum atomic E-state index is -0.154. The van der Waals surface area contributed by atoms with Gasteiger partial charge in [0.15, 0.2) is 0 Å². The summed E-state index contributed by atoms with van der Waals surface area (Å²) in [4.78, 5) is 17.5. The second-order valence-corrected chi connectivity index (χ2v) is 8.50. The first-order valence-electron chi connectivity index (χ1n) is 12.0. The first-order valence-corrected chi connectivity index (χ1v) is 12.0. The molecular formula is C27H37N3O. The maximum Gasteiger partial charge on any atom is 0.251 e. The van der Waals surface area contributed by atoms with E-state index in [1.54, 1.807) is 0 Å². The van der Waals surface area contributed by atoms with E-state index >= 15 is 0 Å². The Labute approximate surface area is 187 Å². The summed E-state index contributed by atoms with van der Waals surface area (Å²) in [7, 11) is 0. The van der Waals surface area contributed by atoms with Gasteiger partial charge in [-0.3, -0.25) is 4.79 Å². The van der Waals surface area contributed by atoms with Gasteiger partial charge in [-0.15, -0.1) is 0 Å². The maximum absolute atomic E-state index is 12.6. The van der Waals surface area contributed by atoms with E-state index in [9.17, 15) is 4.79 Å². The molecule has 3 aromatic rings. The van der Waals surface area contributed by atoms with E-state index in [-0.39, 0.29) is 11.9 Å². The predicted molar refractivity (Wildman–Crippen MR) is 129 cm³/mol. The van der Waals surface area contributed by atoms with Crippen LogP contribution in [0, 0.1) is 0 Å². The number of unbranched alkanes of at least 4 members (excludes halogenated alkanes) is 8. The predicted octanol–water partition coefficient (Wildman–Crippen LogP) is 7.06. The molecule has 1 aromatic heterocycles. The first-order chi connectivity index (χ1) is 15.2. The molecule has 0 aliphatic carbocycles.